The van der Waals surface area contributed by atoms with Gasteiger partial charge in [-0.3, -0.25) is 4.79 Å². The molecule has 3 heteroatoms. The van der Waals surface area contributed by atoms with E-state index in [0.717, 1.165) is 12.8 Å². The second-order valence-corrected chi connectivity index (χ2v) is 3.25. The highest BCUT2D eigenvalue weighted by Crippen LogP contribution is 2.04. The van der Waals surface area contributed by atoms with E-state index in [-0.39, 0.29) is 6.04 Å². The topological polar surface area (TPSA) is 55.1 Å². The van der Waals surface area contributed by atoms with Crippen molar-refractivity contribution >= 4 is 6.41 Å². The Balaban J connectivity index is 3.21. The van der Waals surface area contributed by atoms with Crippen LogP contribution >= 0.6 is 0 Å². The van der Waals surface area contributed by atoms with Crippen LogP contribution in [-0.2, 0) is 4.79 Å². The number of hydrogen-bond acceptors (Lipinski definition) is 2. The summed E-state index contributed by atoms with van der Waals surface area (Å²) in [5.74, 6) is 0.640. The second kappa shape index (κ2) is 6.16. The van der Waals surface area contributed by atoms with Gasteiger partial charge < -0.3 is 11.1 Å². The van der Waals surface area contributed by atoms with Crippen LogP contribution in [0.5, 0.6) is 0 Å². The van der Waals surface area contributed by atoms with Gasteiger partial charge in [0.2, 0.25) is 6.41 Å². The van der Waals surface area contributed by atoms with Crippen molar-refractivity contribution < 1.29 is 4.79 Å². The molecule has 0 radical (unpaired) electrons. The average Bonchev–Trinajstić information content (AvgIpc) is 1.86. The lowest BCUT2D eigenvalue weighted by atomic mass is 10.0. The summed E-state index contributed by atoms with van der Waals surface area (Å²) < 4.78 is 0. The lowest BCUT2D eigenvalue weighted by Gasteiger charge is -2.12. The molecular formula is C8H18N2O. The fraction of sp³-hybridized carbons (Fsp3) is 0.875. The van der Waals surface area contributed by atoms with Crippen molar-refractivity contribution in [2.45, 2.75) is 32.7 Å². The highest BCUT2D eigenvalue weighted by atomic mass is 16.1. The van der Waals surface area contributed by atoms with Gasteiger partial charge in [0.1, 0.15) is 0 Å². The summed E-state index contributed by atoms with van der Waals surface area (Å²) in [5, 5.41) is 2.59. The van der Waals surface area contributed by atoms with Gasteiger partial charge >= 0.3 is 0 Å². The first-order chi connectivity index (χ1) is 5.16. The Hall–Kier alpha value is -0.570. The van der Waals surface area contributed by atoms with E-state index in [1.54, 1.807) is 0 Å². The molecule has 0 rings (SSSR count). The van der Waals surface area contributed by atoms with Crippen LogP contribution in [0.2, 0.25) is 0 Å². The molecule has 0 saturated heterocycles. The van der Waals surface area contributed by atoms with E-state index in [4.69, 9.17) is 5.73 Å². The van der Waals surface area contributed by atoms with Crippen molar-refractivity contribution in [3.63, 3.8) is 0 Å². The fourth-order valence-corrected chi connectivity index (χ4v) is 1.05. The van der Waals surface area contributed by atoms with E-state index in [2.05, 4.69) is 19.2 Å². The normalized spacial score (nSPS) is 13.1. The Kier molecular flexibility index (Phi) is 5.84. The fourth-order valence-electron chi connectivity index (χ4n) is 1.05. The molecule has 0 aliphatic heterocycles. The predicted octanol–water partition coefficient (Wildman–Crippen LogP) is 0.496. The van der Waals surface area contributed by atoms with Crippen molar-refractivity contribution in [3.8, 4) is 0 Å². The Labute approximate surface area is 68.3 Å². The molecule has 3 N–H and O–H groups in total. The smallest absolute Gasteiger partial charge is 0.207 e. The Morgan fingerprint density at radius 1 is 1.55 bits per heavy atom. The van der Waals surface area contributed by atoms with Gasteiger partial charge in [-0.25, -0.2) is 0 Å². The first-order valence-electron chi connectivity index (χ1n) is 4.09. The second-order valence-electron chi connectivity index (χ2n) is 3.25. The molecule has 0 aliphatic carbocycles. The molecule has 1 unspecified atom stereocenters. The molecule has 0 bridgehead atoms. The molecule has 0 fully saturated rings. The minimum Gasteiger partial charge on any atom is -0.359 e. The minimum atomic E-state index is 0.224. The number of hydrogen-bond donors (Lipinski definition) is 2. The third-order valence-electron chi connectivity index (χ3n) is 1.52. The number of nitrogens with one attached hydrogen (secondary N) is 1. The molecular weight excluding hydrogens is 140 g/mol. The summed E-state index contributed by atoms with van der Waals surface area (Å²) in [7, 11) is 0. The summed E-state index contributed by atoms with van der Waals surface area (Å²) in [5.41, 5.74) is 5.76. The summed E-state index contributed by atoms with van der Waals surface area (Å²) in [6.45, 7) is 4.98. The zero-order chi connectivity index (χ0) is 8.69. The first-order valence-corrected chi connectivity index (χ1v) is 4.09. The summed E-state index contributed by atoms with van der Waals surface area (Å²) in [6, 6.07) is 0.224. The highest BCUT2D eigenvalue weighted by Gasteiger charge is 2.03. The van der Waals surface area contributed by atoms with Crippen LogP contribution < -0.4 is 11.1 Å². The molecule has 66 valence electrons. The zero-order valence-electron chi connectivity index (χ0n) is 7.34. The quantitative estimate of drug-likeness (QED) is 0.437. The number of carbonyl (C=O) groups excluding carboxylic acids is 1. The number of nitrogens with two attached hydrogens (primary N) is 1. The van der Waals surface area contributed by atoms with Gasteiger partial charge in [0.25, 0.3) is 0 Å². The molecule has 0 saturated carbocycles. The molecule has 0 aromatic rings. The summed E-state index contributed by atoms with van der Waals surface area (Å²) in [6.07, 6.45) is 2.61. The van der Waals surface area contributed by atoms with Crippen LogP contribution in [-0.4, -0.2) is 19.0 Å². The first kappa shape index (κ1) is 10.4. The van der Waals surface area contributed by atoms with Crippen LogP contribution in [0, 0.1) is 5.92 Å². The van der Waals surface area contributed by atoms with E-state index >= 15 is 0 Å². The van der Waals surface area contributed by atoms with Crippen LogP contribution in [0.25, 0.3) is 0 Å². The molecule has 0 heterocycles. The third-order valence-corrected chi connectivity index (χ3v) is 1.52. The molecule has 1 amide bonds. The minimum absolute atomic E-state index is 0.224. The Morgan fingerprint density at radius 3 is 2.64 bits per heavy atom. The van der Waals surface area contributed by atoms with Crippen molar-refractivity contribution in [1.82, 2.24) is 5.32 Å². The molecule has 3 nitrogen and oxygen atoms in total. The van der Waals surface area contributed by atoms with Gasteiger partial charge in [0, 0.05) is 12.6 Å². The van der Waals surface area contributed by atoms with Crippen molar-refractivity contribution in [2.75, 3.05) is 6.54 Å². The Bertz CT molecular complexity index is 104. The van der Waals surface area contributed by atoms with Gasteiger partial charge in [-0.05, 0) is 18.8 Å². The highest BCUT2D eigenvalue weighted by molar-refractivity contribution is 5.45. The average molecular weight is 158 g/mol. The molecule has 0 spiro atoms. The van der Waals surface area contributed by atoms with Gasteiger partial charge in [-0.2, -0.15) is 0 Å². The van der Waals surface area contributed by atoms with E-state index in [1.165, 1.54) is 0 Å². The number of rotatable bonds is 6. The van der Waals surface area contributed by atoms with E-state index in [9.17, 15) is 4.79 Å². The van der Waals surface area contributed by atoms with Crippen LogP contribution in [0.1, 0.15) is 26.7 Å². The molecule has 0 aromatic heterocycles. The van der Waals surface area contributed by atoms with Crippen molar-refractivity contribution in [1.29, 1.82) is 0 Å². The summed E-state index contributed by atoms with van der Waals surface area (Å²) >= 11 is 0. The molecule has 11 heavy (non-hydrogen) atoms. The van der Waals surface area contributed by atoms with Gasteiger partial charge in [-0.1, -0.05) is 13.8 Å². The SMILES string of the molecule is CC(C)CC(N)CCNC=O. The predicted molar refractivity (Wildman–Crippen MR) is 46.1 cm³/mol. The lowest BCUT2D eigenvalue weighted by Crippen LogP contribution is -2.27. The van der Waals surface area contributed by atoms with Crippen LogP contribution in [0.15, 0.2) is 0 Å². The third kappa shape index (κ3) is 7.33. The maximum absolute atomic E-state index is 9.86. The van der Waals surface area contributed by atoms with Crippen LogP contribution in [0.4, 0.5) is 0 Å². The maximum atomic E-state index is 9.86. The van der Waals surface area contributed by atoms with Gasteiger partial charge in [0.15, 0.2) is 0 Å². The standard InChI is InChI=1S/C8H18N2O/c1-7(2)5-8(9)3-4-10-6-11/h6-8H,3-5,9H2,1-2H3,(H,10,11). The van der Waals surface area contributed by atoms with Crippen molar-refractivity contribution in [3.05, 3.63) is 0 Å². The largest absolute Gasteiger partial charge is 0.359 e. The maximum Gasteiger partial charge on any atom is 0.207 e. The monoisotopic (exact) mass is 158 g/mol. The van der Waals surface area contributed by atoms with Gasteiger partial charge in [-0.15, -0.1) is 0 Å². The number of amides is 1. The molecule has 1 atom stereocenters. The molecule has 0 aromatic carbocycles. The van der Waals surface area contributed by atoms with E-state index < -0.39 is 0 Å². The van der Waals surface area contributed by atoms with E-state index in [1.807, 2.05) is 0 Å². The summed E-state index contributed by atoms with van der Waals surface area (Å²) in [4.78, 5) is 9.86. The molecule has 0 aliphatic rings. The van der Waals surface area contributed by atoms with Crippen molar-refractivity contribution in [2.24, 2.45) is 11.7 Å². The zero-order valence-corrected chi connectivity index (χ0v) is 7.34. The van der Waals surface area contributed by atoms with Gasteiger partial charge in [0.05, 0.1) is 0 Å². The Morgan fingerprint density at radius 2 is 2.18 bits per heavy atom. The lowest BCUT2D eigenvalue weighted by molar-refractivity contribution is -0.109. The number of carbonyl (C=O) groups is 1. The van der Waals surface area contributed by atoms with Crippen LogP contribution in [0.3, 0.4) is 0 Å². The van der Waals surface area contributed by atoms with E-state index in [0.29, 0.717) is 18.9 Å².